The fourth-order valence-corrected chi connectivity index (χ4v) is 2.70. The van der Waals surface area contributed by atoms with Crippen LogP contribution in [0.15, 0.2) is 18.2 Å². The summed E-state index contributed by atoms with van der Waals surface area (Å²) >= 11 is 11.8. The molecule has 0 heterocycles. The quantitative estimate of drug-likeness (QED) is 0.902. The van der Waals surface area contributed by atoms with Gasteiger partial charge >= 0.3 is 0 Å². The van der Waals surface area contributed by atoms with Crippen molar-refractivity contribution < 1.29 is 4.79 Å². The summed E-state index contributed by atoms with van der Waals surface area (Å²) in [5.74, 6) is 0.0267. The Kier molecular flexibility index (Phi) is 5.08. The second kappa shape index (κ2) is 6.60. The summed E-state index contributed by atoms with van der Waals surface area (Å²) in [4.78, 5) is 11.9. The molecule has 3 nitrogen and oxygen atoms in total. The van der Waals surface area contributed by atoms with Gasteiger partial charge in [-0.25, -0.2) is 0 Å². The highest BCUT2D eigenvalue weighted by Gasteiger charge is 2.20. The monoisotopic (exact) mass is 300 g/mol. The molecule has 3 N–H and O–H groups in total. The normalized spacial score (nSPS) is 23.1. The minimum atomic E-state index is 0.0267. The SMILES string of the molecule is NC1CCC(NC(=O)Cc2ccc(Cl)c(Cl)c2)CC1. The first-order chi connectivity index (χ1) is 9.04. The van der Waals surface area contributed by atoms with Gasteiger partial charge in [-0.05, 0) is 43.4 Å². The average Bonchev–Trinajstić information content (AvgIpc) is 2.37. The van der Waals surface area contributed by atoms with Gasteiger partial charge in [0, 0.05) is 12.1 Å². The van der Waals surface area contributed by atoms with Crippen LogP contribution in [0.5, 0.6) is 0 Å². The Morgan fingerprint density at radius 3 is 2.53 bits per heavy atom. The van der Waals surface area contributed by atoms with E-state index in [9.17, 15) is 4.79 Å². The van der Waals surface area contributed by atoms with Gasteiger partial charge in [-0.1, -0.05) is 29.3 Å². The molecule has 104 valence electrons. The maximum atomic E-state index is 11.9. The zero-order valence-electron chi connectivity index (χ0n) is 10.7. The Morgan fingerprint density at radius 1 is 1.21 bits per heavy atom. The van der Waals surface area contributed by atoms with Gasteiger partial charge < -0.3 is 11.1 Å². The van der Waals surface area contributed by atoms with Crippen molar-refractivity contribution in [3.8, 4) is 0 Å². The fourth-order valence-electron chi connectivity index (χ4n) is 2.38. The summed E-state index contributed by atoms with van der Waals surface area (Å²) in [5, 5.41) is 4.04. The van der Waals surface area contributed by atoms with Crippen LogP contribution in [-0.2, 0) is 11.2 Å². The summed E-state index contributed by atoms with van der Waals surface area (Å²) in [6.07, 6.45) is 4.23. The van der Waals surface area contributed by atoms with E-state index in [-0.39, 0.29) is 11.9 Å². The lowest BCUT2D eigenvalue weighted by atomic mass is 9.91. The number of benzene rings is 1. The van der Waals surface area contributed by atoms with E-state index in [4.69, 9.17) is 28.9 Å². The third-order valence-electron chi connectivity index (χ3n) is 3.49. The number of carbonyl (C=O) groups is 1. The topological polar surface area (TPSA) is 55.1 Å². The first kappa shape index (κ1) is 14.6. The summed E-state index contributed by atoms with van der Waals surface area (Å²) in [6.45, 7) is 0. The third-order valence-corrected chi connectivity index (χ3v) is 4.22. The molecule has 19 heavy (non-hydrogen) atoms. The Bertz CT molecular complexity index is 457. The number of hydrogen-bond donors (Lipinski definition) is 2. The van der Waals surface area contributed by atoms with Crippen LogP contribution in [0.1, 0.15) is 31.2 Å². The molecule has 0 aromatic heterocycles. The predicted molar refractivity (Wildman–Crippen MR) is 78.5 cm³/mol. The van der Waals surface area contributed by atoms with E-state index in [0.29, 0.717) is 22.5 Å². The maximum absolute atomic E-state index is 11.9. The first-order valence-corrected chi connectivity index (χ1v) is 7.29. The van der Waals surface area contributed by atoms with Crippen LogP contribution in [0.2, 0.25) is 10.0 Å². The highest BCUT2D eigenvalue weighted by Crippen LogP contribution is 2.23. The molecule has 0 unspecified atom stereocenters. The van der Waals surface area contributed by atoms with Crippen LogP contribution in [0.25, 0.3) is 0 Å². The smallest absolute Gasteiger partial charge is 0.224 e. The van der Waals surface area contributed by atoms with Crippen LogP contribution in [0.3, 0.4) is 0 Å². The molecule has 0 aliphatic heterocycles. The molecule has 1 aliphatic rings. The van der Waals surface area contributed by atoms with Crippen molar-refractivity contribution >= 4 is 29.1 Å². The molecule has 0 atom stereocenters. The number of rotatable bonds is 3. The van der Waals surface area contributed by atoms with E-state index in [1.54, 1.807) is 12.1 Å². The highest BCUT2D eigenvalue weighted by molar-refractivity contribution is 6.42. The summed E-state index contributed by atoms with van der Waals surface area (Å²) < 4.78 is 0. The Balaban J connectivity index is 1.85. The van der Waals surface area contributed by atoms with E-state index < -0.39 is 0 Å². The second-order valence-corrected chi connectivity index (χ2v) is 5.92. The Labute approximate surface area is 123 Å². The number of hydrogen-bond acceptors (Lipinski definition) is 2. The van der Waals surface area contributed by atoms with E-state index in [0.717, 1.165) is 31.2 Å². The van der Waals surface area contributed by atoms with Gasteiger partial charge in [0.15, 0.2) is 0 Å². The molecule has 1 amide bonds. The van der Waals surface area contributed by atoms with Crippen molar-refractivity contribution in [2.45, 2.75) is 44.2 Å². The van der Waals surface area contributed by atoms with Gasteiger partial charge in [-0.15, -0.1) is 0 Å². The van der Waals surface area contributed by atoms with Gasteiger partial charge in [0.1, 0.15) is 0 Å². The summed E-state index contributed by atoms with van der Waals surface area (Å²) in [7, 11) is 0. The molecular weight excluding hydrogens is 283 g/mol. The zero-order chi connectivity index (χ0) is 13.8. The summed E-state index contributed by atoms with van der Waals surface area (Å²) in [5.41, 5.74) is 6.72. The summed E-state index contributed by atoms with van der Waals surface area (Å²) in [6, 6.07) is 5.83. The number of carbonyl (C=O) groups excluding carboxylic acids is 1. The molecule has 1 fully saturated rings. The van der Waals surface area contributed by atoms with Gasteiger partial charge in [-0.2, -0.15) is 0 Å². The molecule has 0 radical (unpaired) electrons. The standard InChI is InChI=1S/C14H18Cl2N2O/c15-12-6-1-9(7-13(12)16)8-14(19)18-11-4-2-10(17)3-5-11/h1,6-7,10-11H,2-5,8,17H2,(H,18,19). The number of nitrogens with two attached hydrogens (primary N) is 1. The Hall–Kier alpha value is -0.770. The molecule has 1 aromatic rings. The number of nitrogens with one attached hydrogen (secondary N) is 1. The lowest BCUT2D eigenvalue weighted by Crippen LogP contribution is -2.41. The molecular formula is C14H18Cl2N2O. The van der Waals surface area contributed by atoms with E-state index in [1.807, 2.05) is 6.07 Å². The maximum Gasteiger partial charge on any atom is 0.224 e. The highest BCUT2D eigenvalue weighted by atomic mass is 35.5. The van der Waals surface area contributed by atoms with Crippen LogP contribution in [0.4, 0.5) is 0 Å². The van der Waals surface area contributed by atoms with Crippen LogP contribution in [0, 0.1) is 0 Å². The molecule has 1 aliphatic carbocycles. The molecule has 2 rings (SSSR count). The zero-order valence-corrected chi connectivity index (χ0v) is 12.2. The van der Waals surface area contributed by atoms with Crippen LogP contribution >= 0.6 is 23.2 Å². The number of halogens is 2. The first-order valence-electron chi connectivity index (χ1n) is 6.53. The lowest BCUT2D eigenvalue weighted by molar-refractivity contribution is -0.121. The molecule has 0 saturated heterocycles. The van der Waals surface area contributed by atoms with Gasteiger partial charge in [0.05, 0.1) is 16.5 Å². The van der Waals surface area contributed by atoms with Crippen molar-refractivity contribution in [2.75, 3.05) is 0 Å². The molecule has 0 bridgehead atoms. The van der Waals surface area contributed by atoms with E-state index >= 15 is 0 Å². The fraction of sp³-hybridized carbons (Fsp3) is 0.500. The van der Waals surface area contributed by atoms with E-state index in [1.165, 1.54) is 0 Å². The van der Waals surface area contributed by atoms with Crippen molar-refractivity contribution in [3.63, 3.8) is 0 Å². The third kappa shape index (κ3) is 4.37. The molecule has 1 aromatic carbocycles. The van der Waals surface area contributed by atoms with E-state index in [2.05, 4.69) is 5.32 Å². The minimum Gasteiger partial charge on any atom is -0.353 e. The van der Waals surface area contributed by atoms with Gasteiger partial charge in [0.25, 0.3) is 0 Å². The average molecular weight is 301 g/mol. The minimum absolute atomic E-state index is 0.0267. The lowest BCUT2D eigenvalue weighted by Gasteiger charge is -2.26. The molecule has 1 saturated carbocycles. The molecule has 5 heteroatoms. The largest absolute Gasteiger partial charge is 0.353 e. The van der Waals surface area contributed by atoms with Gasteiger partial charge in [0.2, 0.25) is 5.91 Å². The predicted octanol–water partition coefficient (Wildman–Crippen LogP) is 2.92. The van der Waals surface area contributed by atoms with Crippen LogP contribution < -0.4 is 11.1 Å². The number of amides is 1. The van der Waals surface area contributed by atoms with Crippen molar-refractivity contribution in [2.24, 2.45) is 5.73 Å². The van der Waals surface area contributed by atoms with Gasteiger partial charge in [-0.3, -0.25) is 4.79 Å². The van der Waals surface area contributed by atoms with Crippen molar-refractivity contribution in [1.29, 1.82) is 0 Å². The molecule has 0 spiro atoms. The van der Waals surface area contributed by atoms with Crippen LogP contribution in [-0.4, -0.2) is 18.0 Å². The Morgan fingerprint density at radius 2 is 1.89 bits per heavy atom. The second-order valence-electron chi connectivity index (χ2n) is 5.10. The van der Waals surface area contributed by atoms with Crippen molar-refractivity contribution in [1.82, 2.24) is 5.32 Å². The van der Waals surface area contributed by atoms with Crippen molar-refractivity contribution in [3.05, 3.63) is 33.8 Å².